The third-order valence-electron chi connectivity index (χ3n) is 4.15. The normalized spacial score (nSPS) is 18.8. The summed E-state index contributed by atoms with van der Waals surface area (Å²) in [5, 5.41) is 19.0. The molecule has 1 aliphatic heterocycles. The lowest BCUT2D eigenvalue weighted by Crippen LogP contribution is -2.56. The monoisotopic (exact) mass is 455 g/mol. The Morgan fingerprint density at radius 1 is 1.18 bits per heavy atom. The van der Waals surface area contributed by atoms with Crippen LogP contribution in [0.3, 0.4) is 0 Å². The summed E-state index contributed by atoms with van der Waals surface area (Å²) in [4.78, 5) is 13.8. The predicted molar refractivity (Wildman–Crippen MR) is 109 cm³/mol. The number of β-lactam (4-membered cyclic amide) rings is 1. The summed E-state index contributed by atoms with van der Waals surface area (Å²) in [6, 6.07) is 11.1. The zero-order chi connectivity index (χ0) is 19.8. The van der Waals surface area contributed by atoms with Crippen molar-refractivity contribution >= 4 is 57.2 Å². The number of amides is 1. The lowest BCUT2D eigenvalue weighted by molar-refractivity contribution is -0.123. The summed E-state index contributed by atoms with van der Waals surface area (Å²) in [5.74, 6) is 0.313. The van der Waals surface area contributed by atoms with E-state index in [1.54, 1.807) is 42.5 Å². The van der Waals surface area contributed by atoms with Crippen molar-refractivity contribution in [1.82, 2.24) is 10.2 Å². The van der Waals surface area contributed by atoms with E-state index in [0.29, 0.717) is 25.9 Å². The molecule has 2 atom stereocenters. The average Bonchev–Trinajstić information content (AvgIpc) is 3.12. The molecule has 144 valence electrons. The number of benzene rings is 2. The van der Waals surface area contributed by atoms with Gasteiger partial charge >= 0.3 is 0 Å². The first-order valence-corrected chi connectivity index (χ1v) is 10.1. The van der Waals surface area contributed by atoms with E-state index in [1.165, 1.54) is 16.2 Å². The van der Waals surface area contributed by atoms with E-state index in [0.717, 1.165) is 5.56 Å². The van der Waals surface area contributed by atoms with E-state index in [-0.39, 0.29) is 18.3 Å². The third kappa shape index (κ3) is 3.63. The number of rotatable bonds is 5. The summed E-state index contributed by atoms with van der Waals surface area (Å²) in [6.45, 7) is 0.141. The van der Waals surface area contributed by atoms with Gasteiger partial charge in [0.1, 0.15) is 23.5 Å². The lowest BCUT2D eigenvalue weighted by Gasteiger charge is -2.42. The quantitative estimate of drug-likeness (QED) is 0.440. The number of anilines is 1. The standard InChI is InChI=1S/C18H12Cl3N3O3S/c19-10-4-5-13(12(20)7-10)27-8-14-22-23-18(28-14)24-16(15(21)17(24)26)9-2-1-3-11(25)6-9/h1-7,15-16,25H,8H2. The molecule has 0 bridgehead atoms. The molecule has 0 radical (unpaired) electrons. The number of aromatic hydroxyl groups is 1. The average molecular weight is 457 g/mol. The maximum absolute atomic E-state index is 12.3. The minimum Gasteiger partial charge on any atom is -0.508 e. The third-order valence-corrected chi connectivity index (χ3v) is 6.00. The number of ether oxygens (including phenoxy) is 1. The second-order valence-corrected chi connectivity index (χ2v) is 8.35. The van der Waals surface area contributed by atoms with Crippen molar-refractivity contribution in [2.45, 2.75) is 18.0 Å². The number of carbonyl (C=O) groups excluding carboxylic acids is 1. The van der Waals surface area contributed by atoms with E-state index >= 15 is 0 Å². The van der Waals surface area contributed by atoms with Gasteiger partial charge in [-0.3, -0.25) is 9.69 Å². The van der Waals surface area contributed by atoms with Crippen molar-refractivity contribution in [1.29, 1.82) is 0 Å². The molecule has 0 aliphatic carbocycles. The Morgan fingerprint density at radius 3 is 2.75 bits per heavy atom. The number of halogens is 3. The number of hydrogen-bond donors (Lipinski definition) is 1. The molecule has 2 aromatic carbocycles. The Bertz CT molecular complexity index is 1050. The van der Waals surface area contributed by atoms with Gasteiger partial charge in [-0.25, -0.2) is 0 Å². The Kier molecular flexibility index (Phi) is 5.33. The highest BCUT2D eigenvalue weighted by Crippen LogP contribution is 2.43. The fourth-order valence-electron chi connectivity index (χ4n) is 2.83. The predicted octanol–water partition coefficient (Wildman–Crippen LogP) is 4.82. The first kappa shape index (κ1) is 19.3. The molecule has 1 amide bonds. The highest BCUT2D eigenvalue weighted by atomic mass is 35.5. The molecule has 1 N–H and O–H groups in total. The van der Waals surface area contributed by atoms with E-state index in [2.05, 4.69) is 10.2 Å². The molecule has 0 spiro atoms. The number of aromatic nitrogens is 2. The fraction of sp³-hybridized carbons (Fsp3) is 0.167. The zero-order valence-electron chi connectivity index (χ0n) is 14.1. The van der Waals surface area contributed by atoms with Gasteiger partial charge in [0.15, 0.2) is 5.01 Å². The van der Waals surface area contributed by atoms with Crippen LogP contribution in [0.4, 0.5) is 5.13 Å². The van der Waals surface area contributed by atoms with E-state index < -0.39 is 11.4 Å². The molecule has 4 rings (SSSR count). The fourth-order valence-corrected chi connectivity index (χ4v) is 4.45. The smallest absolute Gasteiger partial charge is 0.250 e. The van der Waals surface area contributed by atoms with Crippen LogP contribution in [0, 0.1) is 0 Å². The van der Waals surface area contributed by atoms with Gasteiger partial charge in [0.2, 0.25) is 11.0 Å². The summed E-state index contributed by atoms with van der Waals surface area (Å²) in [6.07, 6.45) is 0. The molecule has 28 heavy (non-hydrogen) atoms. The number of phenolic OH excluding ortho intramolecular Hbond substituents is 1. The van der Waals surface area contributed by atoms with Gasteiger partial charge in [-0.2, -0.15) is 0 Å². The maximum atomic E-state index is 12.3. The SMILES string of the molecule is O=C1C(Cl)C(c2cccc(O)c2)N1c1nnc(COc2ccc(Cl)cc2Cl)s1. The molecule has 1 aromatic heterocycles. The van der Waals surface area contributed by atoms with Crippen LogP contribution in [0.25, 0.3) is 0 Å². The van der Waals surface area contributed by atoms with Crippen LogP contribution in [-0.2, 0) is 11.4 Å². The first-order valence-electron chi connectivity index (χ1n) is 8.10. The van der Waals surface area contributed by atoms with Crippen molar-refractivity contribution in [2.24, 2.45) is 0 Å². The molecule has 2 heterocycles. The molecular weight excluding hydrogens is 445 g/mol. The largest absolute Gasteiger partial charge is 0.508 e. The number of hydrogen-bond acceptors (Lipinski definition) is 6. The van der Waals surface area contributed by atoms with Gasteiger partial charge in [0.25, 0.3) is 0 Å². The van der Waals surface area contributed by atoms with Gasteiger partial charge in [-0.1, -0.05) is 46.7 Å². The van der Waals surface area contributed by atoms with Gasteiger partial charge in [0, 0.05) is 5.02 Å². The Morgan fingerprint density at radius 2 is 2.00 bits per heavy atom. The molecular formula is C18H12Cl3N3O3S. The molecule has 2 unspecified atom stereocenters. The number of nitrogens with zero attached hydrogens (tertiary/aromatic N) is 3. The van der Waals surface area contributed by atoms with Crippen LogP contribution in [0.2, 0.25) is 10.0 Å². The van der Waals surface area contributed by atoms with E-state index in [4.69, 9.17) is 39.5 Å². The number of carbonyl (C=O) groups is 1. The minimum absolute atomic E-state index is 0.104. The Balaban J connectivity index is 1.50. The molecule has 3 aromatic rings. The second-order valence-electron chi connectivity index (χ2n) is 5.99. The van der Waals surface area contributed by atoms with E-state index in [9.17, 15) is 9.90 Å². The lowest BCUT2D eigenvalue weighted by atomic mass is 9.94. The zero-order valence-corrected chi connectivity index (χ0v) is 17.1. The summed E-state index contributed by atoms with van der Waals surface area (Å²) in [7, 11) is 0. The maximum Gasteiger partial charge on any atom is 0.250 e. The minimum atomic E-state index is -0.724. The van der Waals surface area contributed by atoms with Gasteiger partial charge in [-0.15, -0.1) is 21.8 Å². The van der Waals surface area contributed by atoms with Crippen LogP contribution in [-0.4, -0.2) is 26.6 Å². The molecule has 10 heteroatoms. The molecule has 1 fully saturated rings. The second kappa shape index (κ2) is 7.75. The highest BCUT2D eigenvalue weighted by molar-refractivity contribution is 7.15. The van der Waals surface area contributed by atoms with Gasteiger partial charge < -0.3 is 9.84 Å². The first-order chi connectivity index (χ1) is 13.4. The van der Waals surface area contributed by atoms with Crippen molar-refractivity contribution in [3.63, 3.8) is 0 Å². The molecule has 1 saturated heterocycles. The van der Waals surface area contributed by atoms with Gasteiger partial charge in [0.05, 0.1) is 11.1 Å². The van der Waals surface area contributed by atoms with Crippen LogP contribution in [0.1, 0.15) is 16.6 Å². The van der Waals surface area contributed by atoms with Crippen LogP contribution < -0.4 is 9.64 Å². The topological polar surface area (TPSA) is 75.5 Å². The Labute approximate surface area is 179 Å². The summed E-state index contributed by atoms with van der Waals surface area (Å²) in [5.41, 5.74) is 0.723. The van der Waals surface area contributed by atoms with Crippen LogP contribution in [0.5, 0.6) is 11.5 Å². The van der Waals surface area contributed by atoms with Crippen molar-refractivity contribution < 1.29 is 14.6 Å². The summed E-state index contributed by atoms with van der Waals surface area (Å²) >= 11 is 19.4. The van der Waals surface area contributed by atoms with Crippen molar-refractivity contribution in [2.75, 3.05) is 4.90 Å². The van der Waals surface area contributed by atoms with E-state index in [1.807, 2.05) is 0 Å². The Hall–Kier alpha value is -2.06. The van der Waals surface area contributed by atoms with Crippen LogP contribution >= 0.6 is 46.1 Å². The highest BCUT2D eigenvalue weighted by Gasteiger charge is 2.49. The van der Waals surface area contributed by atoms with Crippen molar-refractivity contribution in [3.05, 3.63) is 63.1 Å². The summed E-state index contributed by atoms with van der Waals surface area (Å²) < 4.78 is 5.65. The molecule has 1 aliphatic rings. The van der Waals surface area contributed by atoms with Crippen LogP contribution in [0.15, 0.2) is 42.5 Å². The van der Waals surface area contributed by atoms with Gasteiger partial charge in [-0.05, 0) is 35.9 Å². The number of phenols is 1. The van der Waals surface area contributed by atoms with Crippen molar-refractivity contribution in [3.8, 4) is 11.5 Å². The molecule has 6 nitrogen and oxygen atoms in total. The molecule has 0 saturated carbocycles. The number of alkyl halides is 1.